The molecule has 1 rings (SSSR count). The largest absolute Gasteiger partial charge is 0.479 e. The summed E-state index contributed by atoms with van der Waals surface area (Å²) in [6, 6.07) is 2.54. The molecule has 0 aliphatic heterocycles. The molecule has 5 heteroatoms. The Kier molecular flexibility index (Phi) is 3.64. The SMILES string of the molecule is CCC(=O)NC(C(=O)O)c1cccs1. The van der Waals surface area contributed by atoms with Crippen molar-refractivity contribution in [2.75, 3.05) is 0 Å². The minimum Gasteiger partial charge on any atom is -0.479 e. The number of carbonyl (C=O) groups excluding carboxylic acids is 1. The van der Waals surface area contributed by atoms with E-state index in [2.05, 4.69) is 5.32 Å². The number of carboxylic acids is 1. The molecule has 1 amide bonds. The predicted octanol–water partition coefficient (Wildman–Crippen LogP) is 1.40. The van der Waals surface area contributed by atoms with Crippen LogP contribution in [0.2, 0.25) is 0 Å². The van der Waals surface area contributed by atoms with Crippen LogP contribution in [-0.2, 0) is 9.59 Å². The summed E-state index contributed by atoms with van der Waals surface area (Å²) in [4.78, 5) is 22.5. The third kappa shape index (κ3) is 2.56. The quantitative estimate of drug-likeness (QED) is 0.794. The van der Waals surface area contributed by atoms with Gasteiger partial charge in [0, 0.05) is 11.3 Å². The zero-order valence-corrected chi connectivity index (χ0v) is 8.50. The van der Waals surface area contributed by atoms with E-state index in [-0.39, 0.29) is 12.3 Å². The summed E-state index contributed by atoms with van der Waals surface area (Å²) in [5.41, 5.74) is 0. The van der Waals surface area contributed by atoms with Gasteiger partial charge < -0.3 is 10.4 Å². The molecular formula is C9H11NO3S. The van der Waals surface area contributed by atoms with Crippen molar-refractivity contribution in [3.63, 3.8) is 0 Å². The van der Waals surface area contributed by atoms with Crippen molar-refractivity contribution in [3.05, 3.63) is 22.4 Å². The normalized spacial score (nSPS) is 12.1. The molecule has 0 aromatic carbocycles. The Hall–Kier alpha value is -1.36. The summed E-state index contributed by atoms with van der Waals surface area (Å²) >= 11 is 1.32. The Balaban J connectivity index is 2.76. The first-order chi connectivity index (χ1) is 6.65. The maximum Gasteiger partial charge on any atom is 0.331 e. The zero-order chi connectivity index (χ0) is 10.6. The molecule has 4 nitrogen and oxygen atoms in total. The lowest BCUT2D eigenvalue weighted by Gasteiger charge is -2.11. The van der Waals surface area contributed by atoms with Gasteiger partial charge in [0.1, 0.15) is 0 Å². The highest BCUT2D eigenvalue weighted by molar-refractivity contribution is 7.10. The van der Waals surface area contributed by atoms with Crippen LogP contribution in [0.15, 0.2) is 17.5 Å². The number of hydrogen-bond donors (Lipinski definition) is 2. The molecule has 76 valence electrons. The highest BCUT2D eigenvalue weighted by Crippen LogP contribution is 2.19. The Morgan fingerprint density at radius 2 is 2.36 bits per heavy atom. The van der Waals surface area contributed by atoms with Crippen LogP contribution in [0.5, 0.6) is 0 Å². The molecule has 0 radical (unpaired) electrons. The maximum absolute atomic E-state index is 11.1. The first-order valence-electron chi connectivity index (χ1n) is 4.20. The summed E-state index contributed by atoms with van der Waals surface area (Å²) < 4.78 is 0. The van der Waals surface area contributed by atoms with Gasteiger partial charge in [0.2, 0.25) is 5.91 Å². The average molecular weight is 213 g/mol. The van der Waals surface area contributed by atoms with Gasteiger partial charge in [-0.3, -0.25) is 4.79 Å². The molecule has 0 saturated carbocycles. The van der Waals surface area contributed by atoms with E-state index in [1.54, 1.807) is 24.4 Å². The topological polar surface area (TPSA) is 66.4 Å². The number of rotatable bonds is 4. The zero-order valence-electron chi connectivity index (χ0n) is 7.69. The molecule has 2 N–H and O–H groups in total. The molecule has 1 aromatic heterocycles. The van der Waals surface area contributed by atoms with E-state index < -0.39 is 12.0 Å². The van der Waals surface area contributed by atoms with Crippen molar-refractivity contribution in [1.82, 2.24) is 5.32 Å². The Morgan fingerprint density at radius 1 is 1.64 bits per heavy atom. The van der Waals surface area contributed by atoms with Gasteiger partial charge in [0.25, 0.3) is 0 Å². The van der Waals surface area contributed by atoms with Crippen molar-refractivity contribution < 1.29 is 14.7 Å². The van der Waals surface area contributed by atoms with E-state index in [1.807, 2.05) is 0 Å². The molecule has 0 aliphatic rings. The number of amides is 1. The molecule has 0 spiro atoms. The van der Waals surface area contributed by atoms with E-state index in [0.29, 0.717) is 4.88 Å². The van der Waals surface area contributed by atoms with E-state index in [9.17, 15) is 9.59 Å². The molecule has 0 bridgehead atoms. The van der Waals surface area contributed by atoms with Crippen molar-refractivity contribution >= 4 is 23.2 Å². The van der Waals surface area contributed by atoms with Crippen LogP contribution in [0.25, 0.3) is 0 Å². The van der Waals surface area contributed by atoms with Crippen LogP contribution in [0, 0.1) is 0 Å². The smallest absolute Gasteiger partial charge is 0.331 e. The van der Waals surface area contributed by atoms with Gasteiger partial charge in [-0.05, 0) is 11.4 Å². The van der Waals surface area contributed by atoms with E-state index in [0.717, 1.165) is 0 Å². The van der Waals surface area contributed by atoms with Crippen molar-refractivity contribution in [1.29, 1.82) is 0 Å². The standard InChI is InChI=1S/C9H11NO3S/c1-2-7(11)10-8(9(12)13)6-4-3-5-14-6/h3-5,8H,2H2,1H3,(H,10,11)(H,12,13). The van der Waals surface area contributed by atoms with Gasteiger partial charge in [0.05, 0.1) is 0 Å². The van der Waals surface area contributed by atoms with Crippen LogP contribution in [-0.4, -0.2) is 17.0 Å². The third-order valence-electron chi connectivity index (χ3n) is 1.70. The summed E-state index contributed by atoms with van der Waals surface area (Å²) in [5.74, 6) is -1.29. The molecule has 0 aliphatic carbocycles. The summed E-state index contributed by atoms with van der Waals surface area (Å²) in [6.07, 6.45) is 0.287. The van der Waals surface area contributed by atoms with E-state index >= 15 is 0 Å². The number of aliphatic carboxylic acids is 1. The second-order valence-corrected chi connectivity index (χ2v) is 3.69. The lowest BCUT2D eigenvalue weighted by molar-refractivity contribution is -0.141. The number of thiophene rings is 1. The third-order valence-corrected chi connectivity index (χ3v) is 2.64. The minimum absolute atomic E-state index is 0.259. The second-order valence-electron chi connectivity index (χ2n) is 2.71. The van der Waals surface area contributed by atoms with Crippen molar-refractivity contribution in [2.45, 2.75) is 19.4 Å². The average Bonchev–Trinajstić information content (AvgIpc) is 2.65. The van der Waals surface area contributed by atoms with Crippen molar-refractivity contribution in [2.24, 2.45) is 0 Å². The lowest BCUT2D eigenvalue weighted by atomic mass is 10.2. The molecule has 1 aromatic rings. The first kappa shape index (κ1) is 10.7. The van der Waals surface area contributed by atoms with Gasteiger partial charge in [-0.2, -0.15) is 0 Å². The highest BCUT2D eigenvalue weighted by Gasteiger charge is 2.21. The fourth-order valence-corrected chi connectivity index (χ4v) is 1.74. The Morgan fingerprint density at radius 3 is 2.79 bits per heavy atom. The van der Waals surface area contributed by atoms with Crippen molar-refractivity contribution in [3.8, 4) is 0 Å². The van der Waals surface area contributed by atoms with Gasteiger partial charge in [0.15, 0.2) is 6.04 Å². The highest BCUT2D eigenvalue weighted by atomic mass is 32.1. The van der Waals surface area contributed by atoms with Crippen LogP contribution in [0.3, 0.4) is 0 Å². The number of carbonyl (C=O) groups is 2. The molecule has 0 fully saturated rings. The second kappa shape index (κ2) is 4.76. The lowest BCUT2D eigenvalue weighted by Crippen LogP contribution is -2.32. The molecule has 1 unspecified atom stereocenters. The summed E-state index contributed by atoms with van der Waals surface area (Å²) in [6.45, 7) is 1.68. The van der Waals surface area contributed by atoms with Crippen LogP contribution in [0.4, 0.5) is 0 Å². The van der Waals surface area contributed by atoms with Gasteiger partial charge in [-0.25, -0.2) is 4.79 Å². The van der Waals surface area contributed by atoms with E-state index in [1.165, 1.54) is 11.3 Å². The Labute approximate surface area is 85.6 Å². The first-order valence-corrected chi connectivity index (χ1v) is 5.08. The molecule has 1 heterocycles. The van der Waals surface area contributed by atoms with Crippen LogP contribution >= 0.6 is 11.3 Å². The fourth-order valence-electron chi connectivity index (χ4n) is 0.973. The van der Waals surface area contributed by atoms with Crippen LogP contribution < -0.4 is 5.32 Å². The van der Waals surface area contributed by atoms with Gasteiger partial charge in [-0.15, -0.1) is 11.3 Å². The fraction of sp³-hybridized carbons (Fsp3) is 0.333. The number of nitrogens with one attached hydrogen (secondary N) is 1. The van der Waals surface area contributed by atoms with Gasteiger partial charge in [-0.1, -0.05) is 13.0 Å². The van der Waals surface area contributed by atoms with Crippen LogP contribution in [0.1, 0.15) is 24.3 Å². The summed E-state index contributed by atoms with van der Waals surface area (Å²) in [7, 11) is 0. The van der Waals surface area contributed by atoms with E-state index in [4.69, 9.17) is 5.11 Å². The van der Waals surface area contributed by atoms with Gasteiger partial charge >= 0.3 is 5.97 Å². The Bertz CT molecular complexity index is 321. The number of carboxylic acid groups (broad SMARTS) is 1. The molecule has 0 saturated heterocycles. The monoisotopic (exact) mass is 213 g/mol. The summed E-state index contributed by atoms with van der Waals surface area (Å²) in [5, 5.41) is 13.1. The maximum atomic E-state index is 11.1. The molecule has 14 heavy (non-hydrogen) atoms. The molecule has 1 atom stereocenters. The minimum atomic E-state index is -1.03. The number of hydrogen-bond acceptors (Lipinski definition) is 3. The molecular weight excluding hydrogens is 202 g/mol. The predicted molar refractivity (Wildman–Crippen MR) is 53.1 cm³/mol.